The molecule has 0 spiro atoms. The van der Waals surface area contributed by atoms with Crippen molar-refractivity contribution in [2.75, 3.05) is 11.9 Å². The molecule has 36 heavy (non-hydrogen) atoms. The van der Waals surface area contributed by atoms with Crippen molar-refractivity contribution in [1.82, 2.24) is 4.31 Å². The Morgan fingerprint density at radius 3 is 1.97 bits per heavy atom. The van der Waals surface area contributed by atoms with E-state index in [1.807, 2.05) is 67.6 Å². The Labute approximate surface area is 212 Å². The summed E-state index contributed by atoms with van der Waals surface area (Å²) in [7, 11) is -3.89. The minimum absolute atomic E-state index is 0.0801. The fraction of sp³-hybridized carbons (Fsp3) is 0.138. The molecule has 184 valence electrons. The minimum atomic E-state index is -3.89. The van der Waals surface area contributed by atoms with Crippen LogP contribution in [-0.4, -0.2) is 25.2 Å². The molecule has 4 rings (SSSR count). The SMILES string of the molecule is Cc1ccc(S(=O)(=O)N(CC(=O)Nc2ccc(OCc3ccccc3)cc2)Cc2ccccc2)cc1. The number of hydrogen-bond donors (Lipinski definition) is 1. The molecule has 0 atom stereocenters. The van der Waals surface area contributed by atoms with E-state index < -0.39 is 15.9 Å². The van der Waals surface area contributed by atoms with Gasteiger partial charge in [-0.15, -0.1) is 0 Å². The van der Waals surface area contributed by atoms with Crippen LogP contribution in [0.5, 0.6) is 5.75 Å². The summed E-state index contributed by atoms with van der Waals surface area (Å²) in [6.45, 7) is 2.09. The lowest BCUT2D eigenvalue weighted by molar-refractivity contribution is -0.116. The van der Waals surface area contributed by atoms with E-state index in [-0.39, 0.29) is 18.0 Å². The van der Waals surface area contributed by atoms with E-state index in [9.17, 15) is 13.2 Å². The maximum Gasteiger partial charge on any atom is 0.243 e. The highest BCUT2D eigenvalue weighted by atomic mass is 32.2. The summed E-state index contributed by atoms with van der Waals surface area (Å²) in [6, 6.07) is 32.7. The summed E-state index contributed by atoms with van der Waals surface area (Å²) in [5.74, 6) is 0.240. The topological polar surface area (TPSA) is 75.7 Å². The smallest absolute Gasteiger partial charge is 0.243 e. The number of nitrogens with zero attached hydrogens (tertiary/aromatic N) is 1. The number of aryl methyl sites for hydroxylation is 1. The Kier molecular flexibility index (Phi) is 8.15. The molecule has 0 saturated heterocycles. The van der Waals surface area contributed by atoms with Crippen LogP contribution in [0.25, 0.3) is 0 Å². The van der Waals surface area contributed by atoms with Crippen LogP contribution in [0.15, 0.2) is 114 Å². The molecule has 0 heterocycles. The molecule has 0 aliphatic rings. The zero-order valence-corrected chi connectivity index (χ0v) is 20.8. The van der Waals surface area contributed by atoms with Gasteiger partial charge in [0.15, 0.2) is 0 Å². The van der Waals surface area contributed by atoms with Crippen molar-refractivity contribution in [3.63, 3.8) is 0 Å². The van der Waals surface area contributed by atoms with E-state index >= 15 is 0 Å². The molecule has 4 aromatic carbocycles. The quantitative estimate of drug-likeness (QED) is 0.316. The van der Waals surface area contributed by atoms with Gasteiger partial charge in [-0.25, -0.2) is 8.42 Å². The second kappa shape index (κ2) is 11.7. The number of benzene rings is 4. The number of sulfonamides is 1. The van der Waals surface area contributed by atoms with Gasteiger partial charge >= 0.3 is 0 Å². The van der Waals surface area contributed by atoms with Gasteiger partial charge in [0.2, 0.25) is 15.9 Å². The lowest BCUT2D eigenvalue weighted by atomic mass is 10.2. The van der Waals surface area contributed by atoms with Crippen LogP contribution in [0.2, 0.25) is 0 Å². The zero-order chi connectivity index (χ0) is 25.4. The average molecular weight is 501 g/mol. The van der Waals surface area contributed by atoms with Crippen molar-refractivity contribution >= 4 is 21.6 Å². The van der Waals surface area contributed by atoms with Gasteiger partial charge in [0.1, 0.15) is 12.4 Å². The molecule has 0 aromatic heterocycles. The Morgan fingerprint density at radius 1 is 0.778 bits per heavy atom. The molecule has 0 fully saturated rings. The predicted molar refractivity (Wildman–Crippen MR) is 141 cm³/mol. The predicted octanol–water partition coefficient (Wildman–Crippen LogP) is 5.40. The third kappa shape index (κ3) is 6.81. The molecule has 0 bridgehead atoms. The van der Waals surface area contributed by atoms with Crippen LogP contribution in [0.3, 0.4) is 0 Å². The van der Waals surface area contributed by atoms with Crippen LogP contribution in [-0.2, 0) is 28.0 Å². The Bertz CT molecular complexity index is 1370. The molecule has 7 heteroatoms. The summed E-state index contributed by atoms with van der Waals surface area (Å²) in [6.07, 6.45) is 0. The number of nitrogens with one attached hydrogen (secondary N) is 1. The minimum Gasteiger partial charge on any atom is -0.489 e. The first-order valence-corrected chi connectivity index (χ1v) is 13.0. The highest BCUT2D eigenvalue weighted by Crippen LogP contribution is 2.21. The first-order chi connectivity index (χ1) is 17.4. The number of ether oxygens (including phenoxy) is 1. The van der Waals surface area contributed by atoms with Gasteiger partial charge in [-0.2, -0.15) is 4.31 Å². The third-order valence-corrected chi connectivity index (χ3v) is 7.37. The third-order valence-electron chi connectivity index (χ3n) is 5.57. The van der Waals surface area contributed by atoms with Crippen LogP contribution in [0.1, 0.15) is 16.7 Å². The first-order valence-electron chi connectivity index (χ1n) is 11.6. The van der Waals surface area contributed by atoms with Crippen LogP contribution < -0.4 is 10.1 Å². The van der Waals surface area contributed by atoms with Gasteiger partial charge in [-0.3, -0.25) is 4.79 Å². The Morgan fingerprint density at radius 2 is 1.36 bits per heavy atom. The molecule has 0 unspecified atom stereocenters. The van der Waals surface area contributed by atoms with Gasteiger partial charge in [0, 0.05) is 12.2 Å². The molecule has 6 nitrogen and oxygen atoms in total. The maximum atomic E-state index is 13.4. The second-order valence-electron chi connectivity index (χ2n) is 8.42. The van der Waals surface area contributed by atoms with Crippen molar-refractivity contribution < 1.29 is 17.9 Å². The van der Waals surface area contributed by atoms with Crippen LogP contribution >= 0.6 is 0 Å². The molecule has 0 aliphatic heterocycles. The summed E-state index contributed by atoms with van der Waals surface area (Å²) < 4.78 is 33.8. The molecule has 0 aliphatic carbocycles. The normalized spacial score (nSPS) is 11.3. The molecule has 4 aromatic rings. The number of hydrogen-bond acceptors (Lipinski definition) is 4. The van der Waals surface area contributed by atoms with Crippen LogP contribution in [0, 0.1) is 6.92 Å². The van der Waals surface area contributed by atoms with E-state index in [0.717, 1.165) is 16.7 Å². The molecule has 1 amide bonds. The van der Waals surface area contributed by atoms with E-state index in [1.54, 1.807) is 48.5 Å². The van der Waals surface area contributed by atoms with Gasteiger partial charge in [-0.1, -0.05) is 78.4 Å². The molecule has 0 radical (unpaired) electrons. The molecular formula is C29H28N2O4S. The van der Waals surface area contributed by atoms with Crippen molar-refractivity contribution in [3.8, 4) is 5.75 Å². The van der Waals surface area contributed by atoms with Gasteiger partial charge in [0.05, 0.1) is 11.4 Å². The number of carbonyl (C=O) groups is 1. The monoisotopic (exact) mass is 500 g/mol. The Balaban J connectivity index is 1.44. The van der Waals surface area contributed by atoms with Crippen molar-refractivity contribution in [2.24, 2.45) is 0 Å². The lowest BCUT2D eigenvalue weighted by Crippen LogP contribution is -2.37. The highest BCUT2D eigenvalue weighted by Gasteiger charge is 2.27. The van der Waals surface area contributed by atoms with Crippen molar-refractivity contribution in [2.45, 2.75) is 25.0 Å². The second-order valence-corrected chi connectivity index (χ2v) is 10.4. The van der Waals surface area contributed by atoms with E-state index in [2.05, 4.69) is 5.32 Å². The van der Waals surface area contributed by atoms with Gasteiger partial charge < -0.3 is 10.1 Å². The van der Waals surface area contributed by atoms with Crippen molar-refractivity contribution in [1.29, 1.82) is 0 Å². The molecule has 1 N–H and O–H groups in total. The largest absolute Gasteiger partial charge is 0.489 e. The van der Waals surface area contributed by atoms with E-state index in [0.29, 0.717) is 18.0 Å². The standard InChI is InChI=1S/C29H28N2O4S/c1-23-12-18-28(19-13-23)36(33,34)31(20-24-8-4-2-5-9-24)21-29(32)30-26-14-16-27(17-15-26)35-22-25-10-6-3-7-11-25/h2-19H,20-22H2,1H3,(H,30,32). The summed E-state index contributed by atoms with van der Waals surface area (Å²) in [4.78, 5) is 13.0. The van der Waals surface area contributed by atoms with Gasteiger partial charge in [-0.05, 0) is 54.4 Å². The summed E-state index contributed by atoms with van der Waals surface area (Å²) in [5, 5.41) is 2.79. The van der Waals surface area contributed by atoms with Gasteiger partial charge in [0.25, 0.3) is 0 Å². The molecular weight excluding hydrogens is 472 g/mol. The van der Waals surface area contributed by atoms with E-state index in [1.165, 1.54) is 4.31 Å². The van der Waals surface area contributed by atoms with Crippen molar-refractivity contribution in [3.05, 3.63) is 126 Å². The Hall–Kier alpha value is -3.94. The number of anilines is 1. The van der Waals surface area contributed by atoms with E-state index in [4.69, 9.17) is 4.74 Å². The maximum absolute atomic E-state index is 13.4. The molecule has 0 saturated carbocycles. The fourth-order valence-electron chi connectivity index (χ4n) is 3.61. The fourth-order valence-corrected chi connectivity index (χ4v) is 4.99. The lowest BCUT2D eigenvalue weighted by Gasteiger charge is -2.22. The number of amides is 1. The zero-order valence-electron chi connectivity index (χ0n) is 20.0. The first kappa shape index (κ1) is 25.2. The summed E-state index contributed by atoms with van der Waals surface area (Å²) >= 11 is 0. The summed E-state index contributed by atoms with van der Waals surface area (Å²) in [5.41, 5.74) is 3.36. The highest BCUT2D eigenvalue weighted by molar-refractivity contribution is 7.89. The average Bonchev–Trinajstić information content (AvgIpc) is 2.89. The number of carbonyl (C=O) groups excluding carboxylic acids is 1. The van der Waals surface area contributed by atoms with Crippen LogP contribution in [0.4, 0.5) is 5.69 Å². The number of rotatable bonds is 10.